The average Bonchev–Trinajstić information content (AvgIpc) is 2.49. The van der Waals surface area contributed by atoms with E-state index in [1.54, 1.807) is 0 Å². The van der Waals surface area contributed by atoms with E-state index < -0.39 is 0 Å². The Morgan fingerprint density at radius 3 is 2.05 bits per heavy atom. The number of hydrazone groups is 1. The fourth-order valence-electron chi connectivity index (χ4n) is 2.27. The van der Waals surface area contributed by atoms with E-state index in [0.29, 0.717) is 0 Å². The molecule has 3 rings (SSSR count). The minimum atomic E-state index is 0.848. The average molecular weight is 248 g/mol. The lowest BCUT2D eigenvalue weighted by Gasteiger charge is -2.22. The second kappa shape index (κ2) is 5.11. The van der Waals surface area contributed by atoms with Gasteiger partial charge in [0.05, 0.1) is 12.3 Å². The second-order valence-corrected chi connectivity index (χ2v) is 4.64. The zero-order valence-corrected chi connectivity index (χ0v) is 11.0. The van der Waals surface area contributed by atoms with Crippen LogP contribution in [-0.2, 0) is 0 Å². The third-order valence-corrected chi connectivity index (χ3v) is 3.22. The number of hydrogen-bond acceptors (Lipinski definition) is 2. The third-order valence-electron chi connectivity index (χ3n) is 3.22. The maximum atomic E-state index is 4.69. The van der Waals surface area contributed by atoms with Gasteiger partial charge in [-0.25, -0.2) is 0 Å². The highest BCUT2D eigenvalue weighted by atomic mass is 15.4. The SMILES string of the molecule is CN1CC=C(c2ccccc2)C(c2ccccc2)=N1. The Kier molecular flexibility index (Phi) is 3.15. The molecule has 0 amide bonds. The zero-order chi connectivity index (χ0) is 13.1. The monoisotopic (exact) mass is 248 g/mol. The van der Waals surface area contributed by atoms with E-state index in [0.717, 1.165) is 17.8 Å². The predicted octanol–water partition coefficient (Wildman–Crippen LogP) is 3.42. The van der Waals surface area contributed by atoms with E-state index in [2.05, 4.69) is 54.6 Å². The van der Waals surface area contributed by atoms with E-state index in [1.165, 1.54) is 11.1 Å². The van der Waals surface area contributed by atoms with E-state index in [1.807, 2.05) is 24.2 Å². The Bertz CT molecular complexity index is 612. The summed E-state index contributed by atoms with van der Waals surface area (Å²) in [6, 6.07) is 20.8. The van der Waals surface area contributed by atoms with E-state index in [-0.39, 0.29) is 0 Å². The number of allylic oxidation sites excluding steroid dienone is 1. The molecule has 94 valence electrons. The van der Waals surface area contributed by atoms with Crippen molar-refractivity contribution in [2.24, 2.45) is 5.10 Å². The highest BCUT2D eigenvalue weighted by molar-refractivity contribution is 6.32. The van der Waals surface area contributed by atoms with Crippen LogP contribution in [0.3, 0.4) is 0 Å². The Morgan fingerprint density at radius 2 is 1.42 bits per heavy atom. The summed E-state index contributed by atoms with van der Waals surface area (Å²) in [6.07, 6.45) is 2.24. The first-order valence-electron chi connectivity index (χ1n) is 6.46. The lowest BCUT2D eigenvalue weighted by atomic mass is 9.95. The van der Waals surface area contributed by atoms with Crippen molar-refractivity contribution in [3.05, 3.63) is 77.9 Å². The second-order valence-electron chi connectivity index (χ2n) is 4.64. The summed E-state index contributed by atoms with van der Waals surface area (Å²) in [6.45, 7) is 0.848. The molecular weight excluding hydrogens is 232 g/mol. The molecule has 0 atom stereocenters. The standard InChI is InChI=1S/C17H16N2/c1-19-13-12-16(14-8-4-2-5-9-14)17(18-19)15-10-6-3-7-11-15/h2-12H,13H2,1H3. The van der Waals surface area contributed by atoms with Gasteiger partial charge >= 0.3 is 0 Å². The van der Waals surface area contributed by atoms with Gasteiger partial charge < -0.3 is 0 Å². The fourth-order valence-corrected chi connectivity index (χ4v) is 2.27. The molecule has 0 aliphatic carbocycles. The molecule has 0 radical (unpaired) electrons. The van der Waals surface area contributed by atoms with Crippen molar-refractivity contribution >= 4 is 11.3 Å². The molecule has 19 heavy (non-hydrogen) atoms. The van der Waals surface area contributed by atoms with Gasteiger partial charge in [0.1, 0.15) is 0 Å². The molecule has 2 aromatic carbocycles. The molecule has 0 fully saturated rings. The normalized spacial score (nSPS) is 14.9. The van der Waals surface area contributed by atoms with Gasteiger partial charge in [-0.05, 0) is 5.56 Å². The van der Waals surface area contributed by atoms with Gasteiger partial charge in [-0.3, -0.25) is 5.01 Å². The van der Waals surface area contributed by atoms with Crippen LogP contribution in [-0.4, -0.2) is 24.3 Å². The first kappa shape index (κ1) is 11.7. The van der Waals surface area contributed by atoms with Gasteiger partial charge in [0, 0.05) is 18.2 Å². The highest BCUT2D eigenvalue weighted by Gasteiger charge is 2.16. The molecule has 0 N–H and O–H groups in total. The molecule has 0 saturated heterocycles. The summed E-state index contributed by atoms with van der Waals surface area (Å²) in [5.74, 6) is 0. The lowest BCUT2D eigenvalue weighted by Crippen LogP contribution is -2.21. The summed E-state index contributed by atoms with van der Waals surface area (Å²) in [5.41, 5.74) is 4.63. The summed E-state index contributed by atoms with van der Waals surface area (Å²) in [7, 11) is 2.00. The molecule has 1 heterocycles. The molecule has 0 bridgehead atoms. The van der Waals surface area contributed by atoms with Crippen LogP contribution in [0.4, 0.5) is 0 Å². The third kappa shape index (κ3) is 2.43. The first-order chi connectivity index (χ1) is 9.34. The molecule has 0 unspecified atom stereocenters. The Balaban J connectivity index is 2.07. The van der Waals surface area contributed by atoms with Crippen molar-refractivity contribution in [1.82, 2.24) is 5.01 Å². The molecule has 2 nitrogen and oxygen atoms in total. The van der Waals surface area contributed by atoms with Gasteiger partial charge in [0.25, 0.3) is 0 Å². The van der Waals surface area contributed by atoms with E-state index >= 15 is 0 Å². The fraction of sp³-hybridized carbons (Fsp3) is 0.118. The lowest BCUT2D eigenvalue weighted by molar-refractivity contribution is 0.392. The molecule has 0 aromatic heterocycles. The number of likely N-dealkylation sites (N-methyl/N-ethyl adjacent to an activating group) is 1. The van der Waals surface area contributed by atoms with Gasteiger partial charge in [-0.1, -0.05) is 66.7 Å². The van der Waals surface area contributed by atoms with E-state index in [4.69, 9.17) is 5.10 Å². The Hall–Kier alpha value is -2.35. The smallest absolute Gasteiger partial charge is 0.0979 e. The van der Waals surface area contributed by atoms with Gasteiger partial charge in [0.15, 0.2) is 0 Å². The number of hydrogen-bond donors (Lipinski definition) is 0. The zero-order valence-electron chi connectivity index (χ0n) is 11.0. The van der Waals surface area contributed by atoms with Crippen molar-refractivity contribution in [1.29, 1.82) is 0 Å². The van der Waals surface area contributed by atoms with Crippen molar-refractivity contribution in [3.8, 4) is 0 Å². The Morgan fingerprint density at radius 1 is 0.842 bits per heavy atom. The topological polar surface area (TPSA) is 15.6 Å². The van der Waals surface area contributed by atoms with Gasteiger partial charge in [-0.15, -0.1) is 0 Å². The van der Waals surface area contributed by atoms with Crippen LogP contribution in [0.5, 0.6) is 0 Å². The first-order valence-corrected chi connectivity index (χ1v) is 6.46. The quantitative estimate of drug-likeness (QED) is 0.795. The van der Waals surface area contributed by atoms with Crippen LogP contribution in [0.15, 0.2) is 71.8 Å². The molecular formula is C17H16N2. The van der Waals surface area contributed by atoms with Crippen molar-refractivity contribution in [2.45, 2.75) is 0 Å². The Labute approximate surface area is 113 Å². The molecule has 2 aromatic rings. The van der Waals surface area contributed by atoms with Crippen LogP contribution in [0.25, 0.3) is 5.57 Å². The van der Waals surface area contributed by atoms with Crippen LogP contribution in [0, 0.1) is 0 Å². The summed E-state index contributed by atoms with van der Waals surface area (Å²) in [4.78, 5) is 0. The maximum Gasteiger partial charge on any atom is 0.0979 e. The number of benzene rings is 2. The largest absolute Gasteiger partial charge is 0.296 e. The predicted molar refractivity (Wildman–Crippen MR) is 80.0 cm³/mol. The molecule has 2 heteroatoms. The van der Waals surface area contributed by atoms with Crippen molar-refractivity contribution in [2.75, 3.05) is 13.6 Å². The minimum absolute atomic E-state index is 0.848. The molecule has 1 aliphatic heterocycles. The van der Waals surface area contributed by atoms with E-state index in [9.17, 15) is 0 Å². The number of nitrogens with zero attached hydrogens (tertiary/aromatic N) is 2. The van der Waals surface area contributed by atoms with Crippen LogP contribution >= 0.6 is 0 Å². The summed E-state index contributed by atoms with van der Waals surface area (Å²) >= 11 is 0. The number of rotatable bonds is 2. The summed E-state index contributed by atoms with van der Waals surface area (Å²) in [5, 5.41) is 6.66. The molecule has 0 saturated carbocycles. The minimum Gasteiger partial charge on any atom is -0.296 e. The summed E-state index contributed by atoms with van der Waals surface area (Å²) < 4.78 is 0. The van der Waals surface area contributed by atoms with Crippen LogP contribution in [0.1, 0.15) is 11.1 Å². The van der Waals surface area contributed by atoms with Crippen molar-refractivity contribution in [3.63, 3.8) is 0 Å². The molecule has 0 spiro atoms. The maximum absolute atomic E-state index is 4.69. The van der Waals surface area contributed by atoms with Gasteiger partial charge in [0.2, 0.25) is 0 Å². The molecule has 1 aliphatic rings. The van der Waals surface area contributed by atoms with Crippen LogP contribution in [0.2, 0.25) is 0 Å². The highest BCUT2D eigenvalue weighted by Crippen LogP contribution is 2.23. The van der Waals surface area contributed by atoms with Crippen molar-refractivity contribution < 1.29 is 0 Å². The van der Waals surface area contributed by atoms with Crippen LogP contribution < -0.4 is 0 Å². The van der Waals surface area contributed by atoms with Gasteiger partial charge in [-0.2, -0.15) is 5.10 Å².